The lowest BCUT2D eigenvalue weighted by molar-refractivity contribution is 0.0696. The minimum atomic E-state index is -1.07. The first kappa shape index (κ1) is 12.3. The number of aryl methyl sites for hydroxylation is 1. The van der Waals surface area contributed by atoms with Crippen molar-refractivity contribution in [1.29, 1.82) is 0 Å². The molecule has 0 unspecified atom stereocenters. The largest absolute Gasteiger partial charge is 0.477 e. The molecule has 2 rings (SSSR count). The van der Waals surface area contributed by atoms with Crippen molar-refractivity contribution in [2.24, 2.45) is 0 Å². The Hall–Kier alpha value is -1.21. The molecule has 7 heteroatoms. The quantitative estimate of drug-likeness (QED) is 0.888. The molecule has 0 fully saturated rings. The molecule has 0 saturated carbocycles. The fourth-order valence-electron chi connectivity index (χ4n) is 1.43. The first-order valence-corrected chi connectivity index (χ1v) is 6.10. The molecule has 2 heterocycles. The van der Waals surface area contributed by atoms with Gasteiger partial charge in [0, 0.05) is 26.9 Å². The normalized spacial score (nSPS) is 10.5. The minimum Gasteiger partial charge on any atom is -0.477 e. The summed E-state index contributed by atoms with van der Waals surface area (Å²) in [5, 5.41) is 12.9. The highest BCUT2D eigenvalue weighted by atomic mass is 79.9. The van der Waals surface area contributed by atoms with Crippen molar-refractivity contribution in [2.75, 3.05) is 0 Å². The van der Waals surface area contributed by atoms with E-state index < -0.39 is 5.97 Å². The van der Waals surface area contributed by atoms with E-state index in [0.717, 1.165) is 0 Å². The third-order valence-electron chi connectivity index (χ3n) is 2.17. The zero-order chi connectivity index (χ0) is 12.6. The van der Waals surface area contributed by atoms with Gasteiger partial charge < -0.3 is 9.63 Å². The molecule has 5 nitrogen and oxygen atoms in total. The summed E-state index contributed by atoms with van der Waals surface area (Å²) in [4.78, 5) is 15.1. The summed E-state index contributed by atoms with van der Waals surface area (Å²) >= 11 is 6.62. The van der Waals surface area contributed by atoms with Crippen LogP contribution in [-0.2, 0) is 0 Å². The number of rotatable bonds is 2. The van der Waals surface area contributed by atoms with Crippen LogP contribution in [0.25, 0.3) is 11.3 Å². The van der Waals surface area contributed by atoms with Gasteiger partial charge in [0.2, 0.25) is 0 Å². The molecule has 0 aliphatic heterocycles. The van der Waals surface area contributed by atoms with Gasteiger partial charge in [0.15, 0.2) is 0 Å². The Balaban J connectivity index is 2.73. The van der Waals surface area contributed by atoms with Gasteiger partial charge >= 0.3 is 5.97 Å². The van der Waals surface area contributed by atoms with Crippen molar-refractivity contribution in [2.45, 2.75) is 6.92 Å². The van der Waals surface area contributed by atoms with Crippen molar-refractivity contribution < 1.29 is 14.4 Å². The molecular formula is C10H6Br2N2O3. The van der Waals surface area contributed by atoms with Crippen LogP contribution >= 0.6 is 31.9 Å². The van der Waals surface area contributed by atoms with Gasteiger partial charge in [-0.15, -0.1) is 0 Å². The van der Waals surface area contributed by atoms with Gasteiger partial charge in [-0.1, -0.05) is 5.16 Å². The summed E-state index contributed by atoms with van der Waals surface area (Å²) < 4.78 is 6.21. The third-order valence-corrected chi connectivity index (χ3v) is 3.37. The molecule has 0 atom stereocenters. The molecule has 2 aromatic rings. The Morgan fingerprint density at radius 3 is 2.47 bits per heavy atom. The van der Waals surface area contributed by atoms with E-state index in [-0.39, 0.29) is 17.0 Å². The molecule has 0 amide bonds. The molecule has 0 spiro atoms. The first-order valence-electron chi connectivity index (χ1n) is 4.51. The van der Waals surface area contributed by atoms with Gasteiger partial charge in [-0.05, 0) is 38.8 Å². The average molecular weight is 362 g/mol. The Bertz CT molecular complexity index is 575. The van der Waals surface area contributed by atoms with Gasteiger partial charge in [0.1, 0.15) is 17.0 Å². The van der Waals surface area contributed by atoms with E-state index >= 15 is 0 Å². The van der Waals surface area contributed by atoms with E-state index in [9.17, 15) is 4.79 Å². The number of halogens is 2. The van der Waals surface area contributed by atoms with Crippen LogP contribution in [-0.4, -0.2) is 21.2 Å². The zero-order valence-corrected chi connectivity index (χ0v) is 11.7. The van der Waals surface area contributed by atoms with Crippen molar-refractivity contribution in [3.05, 3.63) is 32.7 Å². The molecule has 0 aliphatic carbocycles. The summed E-state index contributed by atoms with van der Waals surface area (Å²) in [7, 11) is 0. The summed E-state index contributed by atoms with van der Waals surface area (Å²) in [6.07, 6.45) is 3.13. The highest BCUT2D eigenvalue weighted by Gasteiger charge is 2.24. The maximum Gasteiger partial charge on any atom is 0.341 e. The standard InChI is InChI=1S/C10H6Br2N2O3/c1-4-7(10(15)16)9(14-17-4)8-5(11)2-13-3-6(8)12/h2-3H,1H3,(H,15,16). The summed E-state index contributed by atoms with van der Waals surface area (Å²) in [6.45, 7) is 1.56. The topological polar surface area (TPSA) is 76.2 Å². The SMILES string of the molecule is Cc1onc(-c2c(Br)cncc2Br)c1C(=O)O. The predicted octanol–water partition coefficient (Wildman–Crippen LogP) is 3.27. The molecule has 0 aromatic carbocycles. The van der Waals surface area contributed by atoms with Gasteiger partial charge in [-0.25, -0.2) is 4.79 Å². The van der Waals surface area contributed by atoms with Gasteiger partial charge in [-0.2, -0.15) is 0 Å². The third kappa shape index (κ3) is 2.12. The lowest BCUT2D eigenvalue weighted by Gasteiger charge is -2.03. The van der Waals surface area contributed by atoms with E-state index in [1.165, 1.54) is 0 Å². The Morgan fingerprint density at radius 2 is 1.94 bits per heavy atom. The molecular weight excluding hydrogens is 356 g/mol. The van der Waals surface area contributed by atoms with Crippen molar-refractivity contribution in [1.82, 2.24) is 10.1 Å². The highest BCUT2D eigenvalue weighted by Crippen LogP contribution is 2.36. The number of aromatic carboxylic acids is 1. The molecule has 0 saturated heterocycles. The molecule has 17 heavy (non-hydrogen) atoms. The lowest BCUT2D eigenvalue weighted by atomic mass is 10.1. The monoisotopic (exact) mass is 360 g/mol. The maximum atomic E-state index is 11.2. The van der Waals surface area contributed by atoms with Crippen molar-refractivity contribution in [3.63, 3.8) is 0 Å². The van der Waals surface area contributed by atoms with Crippen LogP contribution in [0.3, 0.4) is 0 Å². The fourth-order valence-corrected chi connectivity index (χ4v) is 2.74. The van der Waals surface area contributed by atoms with Gasteiger partial charge in [-0.3, -0.25) is 4.98 Å². The molecule has 1 N–H and O–H groups in total. The van der Waals surface area contributed by atoms with Crippen LogP contribution in [0.1, 0.15) is 16.1 Å². The van der Waals surface area contributed by atoms with Crippen LogP contribution in [0.15, 0.2) is 25.9 Å². The number of hydrogen-bond acceptors (Lipinski definition) is 4. The van der Waals surface area contributed by atoms with Crippen molar-refractivity contribution in [3.8, 4) is 11.3 Å². The van der Waals surface area contributed by atoms with Crippen molar-refractivity contribution >= 4 is 37.8 Å². The molecule has 0 bridgehead atoms. The van der Waals surface area contributed by atoms with E-state index in [0.29, 0.717) is 14.5 Å². The van der Waals surface area contributed by atoms with E-state index in [1.54, 1.807) is 19.3 Å². The van der Waals surface area contributed by atoms with E-state index in [2.05, 4.69) is 42.0 Å². The van der Waals surface area contributed by atoms with Crippen LogP contribution in [0.4, 0.5) is 0 Å². The predicted molar refractivity (Wildman–Crippen MR) is 66.8 cm³/mol. The van der Waals surface area contributed by atoms with Crippen LogP contribution in [0.5, 0.6) is 0 Å². The number of carboxylic acids is 1. The summed E-state index contributed by atoms with van der Waals surface area (Å²) in [5.41, 5.74) is 0.933. The van der Waals surface area contributed by atoms with E-state index in [1.807, 2.05) is 0 Å². The molecule has 0 radical (unpaired) electrons. The van der Waals surface area contributed by atoms with Crippen LogP contribution in [0.2, 0.25) is 0 Å². The second kappa shape index (κ2) is 4.58. The fraction of sp³-hybridized carbons (Fsp3) is 0.100. The number of pyridine rings is 1. The number of hydrogen-bond donors (Lipinski definition) is 1. The molecule has 2 aromatic heterocycles. The van der Waals surface area contributed by atoms with Crippen LogP contribution in [0, 0.1) is 6.92 Å². The van der Waals surface area contributed by atoms with E-state index in [4.69, 9.17) is 9.63 Å². The second-order valence-corrected chi connectivity index (χ2v) is 4.95. The average Bonchev–Trinajstić information content (AvgIpc) is 2.60. The summed E-state index contributed by atoms with van der Waals surface area (Å²) in [6, 6.07) is 0. The Kier molecular flexibility index (Phi) is 3.30. The molecule has 0 aliphatic rings. The first-order chi connectivity index (χ1) is 8.02. The number of aromatic nitrogens is 2. The molecule has 88 valence electrons. The maximum absolute atomic E-state index is 11.2. The number of carbonyl (C=O) groups is 1. The summed E-state index contributed by atoms with van der Waals surface area (Å²) in [5.74, 6) is -0.808. The smallest absolute Gasteiger partial charge is 0.341 e. The van der Waals surface area contributed by atoms with Gasteiger partial charge in [0.05, 0.1) is 0 Å². The number of nitrogens with zero attached hydrogens (tertiary/aromatic N) is 2. The number of carboxylic acid groups (broad SMARTS) is 1. The van der Waals surface area contributed by atoms with Crippen LogP contribution < -0.4 is 0 Å². The lowest BCUT2D eigenvalue weighted by Crippen LogP contribution is -2.00. The van der Waals surface area contributed by atoms with Gasteiger partial charge in [0.25, 0.3) is 0 Å². The Morgan fingerprint density at radius 1 is 1.35 bits per heavy atom. The Labute approximate surface area is 113 Å². The minimum absolute atomic E-state index is 0.0533. The highest BCUT2D eigenvalue weighted by molar-refractivity contribution is 9.11. The second-order valence-electron chi connectivity index (χ2n) is 3.25. The zero-order valence-electron chi connectivity index (χ0n) is 8.57.